The van der Waals surface area contributed by atoms with E-state index in [0.29, 0.717) is 16.2 Å². The molecule has 1 aromatic heterocycles. The van der Waals surface area contributed by atoms with E-state index in [9.17, 15) is 14.8 Å². The van der Waals surface area contributed by atoms with Crippen LogP contribution in [0.25, 0.3) is 0 Å². The van der Waals surface area contributed by atoms with Crippen LogP contribution in [0.5, 0.6) is 5.75 Å². The maximum absolute atomic E-state index is 12.1. The molecule has 2 aromatic rings. The van der Waals surface area contributed by atoms with Crippen molar-refractivity contribution in [2.75, 3.05) is 12.4 Å². The number of benzene rings is 1. The summed E-state index contributed by atoms with van der Waals surface area (Å²) >= 11 is 0. The smallest absolute Gasteiger partial charge is 0.405 e. The number of ether oxygens (including phenoxy) is 2. The fourth-order valence-corrected chi connectivity index (χ4v) is 1.84. The normalized spacial score (nSPS) is 11.4. The summed E-state index contributed by atoms with van der Waals surface area (Å²) < 4.78 is 10.5. The van der Waals surface area contributed by atoms with E-state index in [-0.39, 0.29) is 5.69 Å². The molecule has 0 fully saturated rings. The molecule has 0 aliphatic rings. The summed E-state index contributed by atoms with van der Waals surface area (Å²) in [5.41, 5.74) is 0.269. The quantitative estimate of drug-likeness (QED) is 0.513. The summed E-state index contributed by atoms with van der Waals surface area (Å²) in [7, 11) is 1.48. The first-order valence-corrected chi connectivity index (χ1v) is 6.86. The van der Waals surface area contributed by atoms with Crippen LogP contribution in [0.1, 0.15) is 17.4 Å². The largest absolute Gasteiger partial charge is 0.618 e. The first-order valence-electron chi connectivity index (χ1n) is 6.86. The van der Waals surface area contributed by atoms with E-state index in [1.165, 1.54) is 38.4 Å². The van der Waals surface area contributed by atoms with Crippen molar-refractivity contribution >= 4 is 17.6 Å². The van der Waals surface area contributed by atoms with Gasteiger partial charge in [-0.25, -0.2) is 4.79 Å². The number of rotatable bonds is 5. The zero-order valence-electron chi connectivity index (χ0n) is 12.7. The molecule has 0 bridgehead atoms. The third-order valence-electron chi connectivity index (χ3n) is 3.05. The van der Waals surface area contributed by atoms with Crippen molar-refractivity contribution in [3.05, 3.63) is 59.6 Å². The molecule has 0 spiro atoms. The number of nitrogens with zero attached hydrogens (tertiary/aromatic N) is 1. The van der Waals surface area contributed by atoms with Crippen LogP contribution in [-0.4, -0.2) is 25.1 Å². The Bertz CT molecular complexity index is 717. The molecule has 23 heavy (non-hydrogen) atoms. The van der Waals surface area contributed by atoms with Gasteiger partial charge in [-0.3, -0.25) is 4.79 Å². The molecule has 0 aliphatic heterocycles. The van der Waals surface area contributed by atoms with Gasteiger partial charge in [0.2, 0.25) is 0 Å². The molecule has 2 rings (SSSR count). The van der Waals surface area contributed by atoms with Crippen LogP contribution in [0.2, 0.25) is 0 Å². The molecule has 0 saturated carbocycles. The van der Waals surface area contributed by atoms with Crippen molar-refractivity contribution in [1.82, 2.24) is 0 Å². The number of hydrogen-bond donors (Lipinski definition) is 1. The van der Waals surface area contributed by atoms with Gasteiger partial charge in [-0.1, -0.05) is 12.1 Å². The van der Waals surface area contributed by atoms with E-state index >= 15 is 0 Å². The highest BCUT2D eigenvalue weighted by Gasteiger charge is 2.24. The van der Waals surface area contributed by atoms with Gasteiger partial charge in [0, 0.05) is 12.1 Å². The van der Waals surface area contributed by atoms with Gasteiger partial charge >= 0.3 is 11.7 Å². The maximum Gasteiger partial charge on any atom is 0.405 e. The average molecular weight is 316 g/mol. The fourth-order valence-electron chi connectivity index (χ4n) is 1.84. The molecule has 0 aliphatic carbocycles. The van der Waals surface area contributed by atoms with Gasteiger partial charge in [0.1, 0.15) is 5.75 Å². The molecule has 1 amide bonds. The number of carbonyl (C=O) groups is 2. The van der Waals surface area contributed by atoms with Crippen LogP contribution >= 0.6 is 0 Å². The van der Waals surface area contributed by atoms with Gasteiger partial charge in [0.15, 0.2) is 12.3 Å². The van der Waals surface area contributed by atoms with Gasteiger partial charge in [0.25, 0.3) is 5.91 Å². The van der Waals surface area contributed by atoms with Gasteiger partial charge in [-0.05, 0) is 25.1 Å². The Morgan fingerprint density at radius 2 is 1.87 bits per heavy atom. The van der Waals surface area contributed by atoms with Crippen LogP contribution in [-0.2, 0) is 9.53 Å². The molecular weight excluding hydrogens is 300 g/mol. The molecule has 1 atom stereocenters. The molecule has 1 heterocycles. The molecule has 0 radical (unpaired) electrons. The molecule has 0 saturated heterocycles. The van der Waals surface area contributed by atoms with Crippen LogP contribution < -0.4 is 14.8 Å². The number of esters is 1. The van der Waals surface area contributed by atoms with Crippen molar-refractivity contribution < 1.29 is 23.8 Å². The number of carbonyl (C=O) groups excluding carboxylic acids is 2. The predicted octanol–water partition coefficient (Wildman–Crippen LogP) is 1.51. The highest BCUT2D eigenvalue weighted by molar-refractivity contribution is 5.97. The lowest BCUT2D eigenvalue weighted by Gasteiger charge is -2.14. The monoisotopic (exact) mass is 316 g/mol. The van der Waals surface area contributed by atoms with Gasteiger partial charge in [-0.15, -0.1) is 0 Å². The van der Waals surface area contributed by atoms with Gasteiger partial charge in [-0.2, -0.15) is 4.73 Å². The minimum absolute atomic E-state index is 0.190. The first-order chi connectivity index (χ1) is 11.0. The zero-order valence-corrected chi connectivity index (χ0v) is 12.7. The zero-order chi connectivity index (χ0) is 16.8. The van der Waals surface area contributed by atoms with E-state index in [1.807, 2.05) is 0 Å². The summed E-state index contributed by atoms with van der Waals surface area (Å²) in [6.45, 7) is 1.42. The summed E-state index contributed by atoms with van der Waals surface area (Å²) in [5.74, 6) is -0.917. The summed E-state index contributed by atoms with van der Waals surface area (Å²) in [4.78, 5) is 24.0. The molecule has 120 valence electrons. The van der Waals surface area contributed by atoms with E-state index in [4.69, 9.17) is 9.47 Å². The molecule has 0 unspecified atom stereocenters. The van der Waals surface area contributed by atoms with Gasteiger partial charge < -0.3 is 20.0 Å². The Balaban J connectivity index is 2.03. The number of aromatic nitrogens is 1. The lowest BCUT2D eigenvalue weighted by molar-refractivity contribution is -0.608. The Hall–Kier alpha value is -3.09. The first kappa shape index (κ1) is 16.3. The highest BCUT2D eigenvalue weighted by atomic mass is 16.6. The lowest BCUT2D eigenvalue weighted by Crippen LogP contribution is -2.37. The SMILES string of the molecule is COc1ccccc1NC(=O)[C@H](C)OC(=O)c1cccc[n+]1[O-]. The minimum atomic E-state index is -1.08. The topological polar surface area (TPSA) is 91.6 Å². The highest BCUT2D eigenvalue weighted by Crippen LogP contribution is 2.23. The minimum Gasteiger partial charge on any atom is -0.618 e. The second-order valence-electron chi connectivity index (χ2n) is 4.65. The van der Waals surface area contributed by atoms with Crippen molar-refractivity contribution in [3.63, 3.8) is 0 Å². The maximum atomic E-state index is 12.1. The second kappa shape index (κ2) is 7.26. The molecule has 1 N–H and O–H groups in total. The van der Waals surface area contributed by atoms with E-state index in [1.54, 1.807) is 24.3 Å². The Morgan fingerprint density at radius 1 is 1.17 bits per heavy atom. The third kappa shape index (κ3) is 3.97. The van der Waals surface area contributed by atoms with Crippen LogP contribution in [0, 0.1) is 5.21 Å². The number of anilines is 1. The van der Waals surface area contributed by atoms with E-state index in [2.05, 4.69) is 5.32 Å². The van der Waals surface area contributed by atoms with Crippen molar-refractivity contribution in [1.29, 1.82) is 0 Å². The van der Waals surface area contributed by atoms with E-state index in [0.717, 1.165) is 0 Å². The Kier molecular flexibility index (Phi) is 5.14. The standard InChI is InChI=1S/C16H16N2O5/c1-11(23-16(20)13-8-5-6-10-18(13)21)15(19)17-12-7-3-4-9-14(12)22-2/h3-11H,1-2H3,(H,17,19)/t11-/m0/s1. The molecule has 7 nitrogen and oxygen atoms in total. The molecule has 7 heteroatoms. The number of pyridine rings is 1. The summed E-state index contributed by atoms with van der Waals surface area (Å²) in [6.07, 6.45) is 0.100. The molecular formula is C16H16N2O5. The molecule has 1 aromatic carbocycles. The Labute approximate surface area is 133 Å². The number of hydrogen-bond acceptors (Lipinski definition) is 5. The summed E-state index contributed by atoms with van der Waals surface area (Å²) in [6, 6.07) is 11.2. The fraction of sp³-hybridized carbons (Fsp3) is 0.188. The Morgan fingerprint density at radius 3 is 2.57 bits per heavy atom. The predicted molar refractivity (Wildman–Crippen MR) is 81.9 cm³/mol. The summed E-state index contributed by atoms with van der Waals surface area (Å²) in [5, 5.41) is 14.1. The van der Waals surface area contributed by atoms with Crippen LogP contribution in [0.4, 0.5) is 5.69 Å². The second-order valence-corrected chi connectivity index (χ2v) is 4.65. The lowest BCUT2D eigenvalue weighted by atomic mass is 10.2. The van der Waals surface area contributed by atoms with Crippen LogP contribution in [0.3, 0.4) is 0 Å². The van der Waals surface area contributed by atoms with Crippen molar-refractivity contribution in [2.24, 2.45) is 0 Å². The number of para-hydroxylation sites is 2. The van der Waals surface area contributed by atoms with Crippen LogP contribution in [0.15, 0.2) is 48.7 Å². The van der Waals surface area contributed by atoms with Crippen molar-refractivity contribution in [2.45, 2.75) is 13.0 Å². The number of amides is 1. The number of methoxy groups -OCH3 is 1. The van der Waals surface area contributed by atoms with Gasteiger partial charge in [0.05, 0.1) is 12.8 Å². The van der Waals surface area contributed by atoms with E-state index < -0.39 is 18.0 Å². The number of nitrogens with one attached hydrogen (secondary N) is 1. The average Bonchev–Trinajstić information content (AvgIpc) is 2.55. The third-order valence-corrected chi connectivity index (χ3v) is 3.05. The van der Waals surface area contributed by atoms with Crippen molar-refractivity contribution in [3.8, 4) is 5.75 Å².